The van der Waals surface area contributed by atoms with Crippen LogP contribution in [0.25, 0.3) is 0 Å². The molecular weight excluding hydrogens is 225 g/mol. The van der Waals surface area contributed by atoms with Crippen molar-refractivity contribution < 1.29 is 22.8 Å². The SMILES string of the molecule is O=C1CN(c2cc(F)c(F)cc2F)C(=O)N1. The summed E-state index contributed by atoms with van der Waals surface area (Å²) in [7, 11) is 0. The maximum absolute atomic E-state index is 13.2. The molecule has 1 fully saturated rings. The molecule has 4 nitrogen and oxygen atoms in total. The van der Waals surface area contributed by atoms with Gasteiger partial charge in [-0.3, -0.25) is 15.0 Å². The average Bonchev–Trinajstić information content (AvgIpc) is 2.51. The van der Waals surface area contributed by atoms with Gasteiger partial charge in [-0.25, -0.2) is 18.0 Å². The van der Waals surface area contributed by atoms with Gasteiger partial charge in [0.2, 0.25) is 5.91 Å². The van der Waals surface area contributed by atoms with Crippen LogP contribution in [-0.4, -0.2) is 18.5 Å². The summed E-state index contributed by atoms with van der Waals surface area (Å²) in [6.07, 6.45) is 0. The summed E-state index contributed by atoms with van der Waals surface area (Å²) in [6, 6.07) is -0.0150. The van der Waals surface area contributed by atoms with Crippen molar-refractivity contribution in [2.75, 3.05) is 11.4 Å². The van der Waals surface area contributed by atoms with Gasteiger partial charge in [-0.15, -0.1) is 0 Å². The quantitative estimate of drug-likeness (QED) is 0.581. The first kappa shape index (κ1) is 10.5. The van der Waals surface area contributed by atoms with Crippen molar-refractivity contribution in [2.45, 2.75) is 0 Å². The lowest BCUT2D eigenvalue weighted by atomic mass is 10.2. The Kier molecular flexibility index (Phi) is 2.30. The predicted octanol–water partition coefficient (Wildman–Crippen LogP) is 1.16. The zero-order valence-electron chi connectivity index (χ0n) is 7.76. The monoisotopic (exact) mass is 230 g/mol. The molecule has 7 heteroatoms. The molecule has 0 aliphatic carbocycles. The molecule has 1 N–H and O–H groups in total. The van der Waals surface area contributed by atoms with E-state index in [1.54, 1.807) is 0 Å². The molecule has 1 aliphatic heterocycles. The van der Waals surface area contributed by atoms with Crippen LogP contribution in [0, 0.1) is 17.5 Å². The van der Waals surface area contributed by atoms with Crippen molar-refractivity contribution in [3.05, 3.63) is 29.6 Å². The Morgan fingerprint density at radius 2 is 1.69 bits per heavy atom. The minimum Gasteiger partial charge on any atom is -0.282 e. The number of carbonyl (C=O) groups excluding carboxylic acids is 2. The zero-order valence-corrected chi connectivity index (χ0v) is 7.76. The Balaban J connectivity index is 2.45. The minimum absolute atomic E-state index is 0.320. The van der Waals surface area contributed by atoms with E-state index in [1.807, 2.05) is 5.32 Å². The summed E-state index contributed by atoms with van der Waals surface area (Å²) in [4.78, 5) is 22.7. The van der Waals surface area contributed by atoms with Gasteiger partial charge >= 0.3 is 6.03 Å². The number of nitrogens with zero attached hydrogens (tertiary/aromatic N) is 1. The number of anilines is 1. The number of carbonyl (C=O) groups is 2. The van der Waals surface area contributed by atoms with E-state index < -0.39 is 41.6 Å². The van der Waals surface area contributed by atoms with Crippen molar-refractivity contribution in [3.8, 4) is 0 Å². The third kappa shape index (κ3) is 1.60. The summed E-state index contributed by atoms with van der Waals surface area (Å²) in [5.74, 6) is -4.38. The van der Waals surface area contributed by atoms with E-state index >= 15 is 0 Å². The summed E-state index contributed by atoms with van der Waals surface area (Å²) in [5.41, 5.74) is -0.470. The van der Waals surface area contributed by atoms with Crippen LogP contribution in [0.3, 0.4) is 0 Å². The third-order valence-electron chi connectivity index (χ3n) is 2.07. The molecule has 84 valence electrons. The molecular formula is C9H5F3N2O2. The van der Waals surface area contributed by atoms with Crippen LogP contribution >= 0.6 is 0 Å². The van der Waals surface area contributed by atoms with E-state index in [0.29, 0.717) is 17.0 Å². The fourth-order valence-corrected chi connectivity index (χ4v) is 1.36. The maximum atomic E-state index is 13.2. The second-order valence-electron chi connectivity index (χ2n) is 3.16. The molecule has 1 aromatic carbocycles. The van der Waals surface area contributed by atoms with Crippen LogP contribution in [-0.2, 0) is 4.79 Å². The number of hydrogen-bond acceptors (Lipinski definition) is 2. The smallest absolute Gasteiger partial charge is 0.282 e. The van der Waals surface area contributed by atoms with Crippen molar-refractivity contribution >= 4 is 17.6 Å². The molecule has 1 aliphatic rings. The Morgan fingerprint density at radius 3 is 2.25 bits per heavy atom. The van der Waals surface area contributed by atoms with Crippen LogP contribution in [0.15, 0.2) is 12.1 Å². The number of imide groups is 1. The Morgan fingerprint density at radius 1 is 1.06 bits per heavy atom. The number of amides is 3. The van der Waals surface area contributed by atoms with Gasteiger partial charge in [-0.2, -0.15) is 0 Å². The molecule has 16 heavy (non-hydrogen) atoms. The molecule has 1 saturated heterocycles. The number of nitrogens with one attached hydrogen (secondary N) is 1. The highest BCUT2D eigenvalue weighted by Crippen LogP contribution is 2.23. The average molecular weight is 230 g/mol. The summed E-state index contributed by atoms with van der Waals surface area (Å²) < 4.78 is 38.7. The molecule has 1 aromatic rings. The largest absolute Gasteiger partial charge is 0.329 e. The Labute approximate surface area is 87.6 Å². The minimum atomic E-state index is -1.35. The van der Waals surface area contributed by atoms with Gasteiger partial charge in [0, 0.05) is 12.1 Å². The highest BCUT2D eigenvalue weighted by Gasteiger charge is 2.30. The van der Waals surface area contributed by atoms with E-state index in [0.717, 1.165) is 0 Å². The van der Waals surface area contributed by atoms with Gasteiger partial charge in [-0.05, 0) is 0 Å². The Bertz CT molecular complexity index is 490. The van der Waals surface area contributed by atoms with Crippen molar-refractivity contribution in [1.29, 1.82) is 0 Å². The van der Waals surface area contributed by atoms with E-state index in [4.69, 9.17) is 0 Å². The first-order valence-corrected chi connectivity index (χ1v) is 4.25. The van der Waals surface area contributed by atoms with Gasteiger partial charge < -0.3 is 0 Å². The lowest BCUT2D eigenvalue weighted by Crippen LogP contribution is -2.28. The Hall–Kier alpha value is -2.05. The number of halogens is 3. The van der Waals surface area contributed by atoms with Crippen molar-refractivity contribution in [2.24, 2.45) is 0 Å². The van der Waals surface area contributed by atoms with Crippen molar-refractivity contribution in [3.63, 3.8) is 0 Å². The number of rotatable bonds is 1. The molecule has 0 bridgehead atoms. The fourth-order valence-electron chi connectivity index (χ4n) is 1.36. The van der Waals surface area contributed by atoms with Crippen LogP contribution in [0.5, 0.6) is 0 Å². The highest BCUT2D eigenvalue weighted by atomic mass is 19.2. The molecule has 2 rings (SSSR count). The lowest BCUT2D eigenvalue weighted by Gasteiger charge is -2.14. The van der Waals surface area contributed by atoms with Gasteiger partial charge in [0.15, 0.2) is 11.6 Å². The lowest BCUT2D eigenvalue weighted by molar-refractivity contribution is -0.117. The summed E-state index contributed by atoms with van der Waals surface area (Å²) >= 11 is 0. The standard InChI is InChI=1S/C9H5F3N2O2/c10-4-1-6(12)7(2-5(4)11)14-3-8(15)13-9(14)16/h1-2H,3H2,(H,13,15,16). The summed E-state index contributed by atoms with van der Waals surface area (Å²) in [6.45, 7) is -0.416. The molecule has 0 atom stereocenters. The molecule has 3 amide bonds. The molecule has 1 heterocycles. The highest BCUT2D eigenvalue weighted by molar-refractivity contribution is 6.12. The molecule has 0 aromatic heterocycles. The van der Waals surface area contributed by atoms with E-state index in [1.165, 1.54) is 0 Å². The summed E-state index contributed by atoms with van der Waals surface area (Å²) in [5, 5.41) is 1.89. The first-order chi connectivity index (χ1) is 7.49. The normalized spacial score (nSPS) is 15.6. The van der Waals surface area contributed by atoms with Gasteiger partial charge in [-0.1, -0.05) is 0 Å². The van der Waals surface area contributed by atoms with Gasteiger partial charge in [0.25, 0.3) is 0 Å². The second kappa shape index (κ2) is 3.51. The van der Waals surface area contributed by atoms with Crippen LogP contribution < -0.4 is 10.2 Å². The maximum Gasteiger partial charge on any atom is 0.329 e. The second-order valence-corrected chi connectivity index (χ2v) is 3.16. The zero-order chi connectivity index (χ0) is 11.9. The van der Waals surface area contributed by atoms with E-state index in [2.05, 4.69) is 0 Å². The van der Waals surface area contributed by atoms with Gasteiger partial charge in [0.05, 0.1) is 5.69 Å². The third-order valence-corrected chi connectivity index (χ3v) is 2.07. The predicted molar refractivity (Wildman–Crippen MR) is 47.2 cm³/mol. The molecule has 0 spiro atoms. The molecule has 0 unspecified atom stereocenters. The molecule has 0 radical (unpaired) electrons. The van der Waals surface area contributed by atoms with E-state index in [-0.39, 0.29) is 0 Å². The number of urea groups is 1. The topological polar surface area (TPSA) is 49.4 Å². The number of benzene rings is 1. The van der Waals surface area contributed by atoms with Crippen LogP contribution in [0.2, 0.25) is 0 Å². The van der Waals surface area contributed by atoms with Crippen LogP contribution in [0.4, 0.5) is 23.7 Å². The first-order valence-electron chi connectivity index (χ1n) is 4.25. The van der Waals surface area contributed by atoms with Crippen LogP contribution in [0.1, 0.15) is 0 Å². The van der Waals surface area contributed by atoms with Crippen molar-refractivity contribution in [1.82, 2.24) is 5.32 Å². The van der Waals surface area contributed by atoms with E-state index in [9.17, 15) is 22.8 Å². The van der Waals surface area contributed by atoms with Gasteiger partial charge in [0.1, 0.15) is 12.4 Å². The number of hydrogen-bond donors (Lipinski definition) is 1. The fraction of sp³-hybridized carbons (Fsp3) is 0.111. The molecule has 0 saturated carbocycles.